The van der Waals surface area contributed by atoms with E-state index in [-0.39, 0.29) is 11.5 Å². The second-order valence-electron chi connectivity index (χ2n) is 8.02. The fourth-order valence-electron chi connectivity index (χ4n) is 4.08. The molecule has 1 fully saturated rings. The van der Waals surface area contributed by atoms with Gasteiger partial charge in [-0.1, -0.05) is 24.3 Å². The summed E-state index contributed by atoms with van der Waals surface area (Å²) in [5.74, 6) is -0.138. The number of nitrogens with one attached hydrogen (secondary N) is 2. The minimum absolute atomic E-state index is 0.266. The lowest BCUT2D eigenvalue weighted by Crippen LogP contribution is -2.42. The Labute approximate surface area is 185 Å². The summed E-state index contributed by atoms with van der Waals surface area (Å²) in [5, 5.41) is 7.29. The molecule has 1 aromatic heterocycles. The molecule has 0 unspecified atom stereocenters. The third kappa shape index (κ3) is 4.42. The molecule has 3 aromatic carbocycles. The molecular weight excluding hydrogens is 405 g/mol. The number of rotatable bonds is 5. The van der Waals surface area contributed by atoms with Crippen molar-refractivity contribution in [1.82, 2.24) is 10.2 Å². The van der Waals surface area contributed by atoms with Crippen molar-refractivity contribution in [1.29, 1.82) is 0 Å². The van der Waals surface area contributed by atoms with Crippen LogP contribution in [-0.2, 0) is 6.54 Å². The summed E-state index contributed by atoms with van der Waals surface area (Å²) in [5.41, 5.74) is 3.70. The van der Waals surface area contributed by atoms with Gasteiger partial charge in [0.15, 0.2) is 0 Å². The first-order valence-corrected chi connectivity index (χ1v) is 10.8. The number of carbonyl (C=O) groups excluding carboxylic acids is 1. The fraction of sp³-hybridized carbons (Fsp3) is 0.192. The molecule has 0 spiro atoms. The van der Waals surface area contributed by atoms with Crippen LogP contribution in [0.3, 0.4) is 0 Å². The van der Waals surface area contributed by atoms with E-state index < -0.39 is 5.82 Å². The molecule has 0 bridgehead atoms. The number of hydrogen-bond donors (Lipinski definition) is 2. The van der Waals surface area contributed by atoms with Crippen LogP contribution in [0.2, 0.25) is 0 Å². The summed E-state index contributed by atoms with van der Waals surface area (Å²) in [7, 11) is 0. The molecule has 162 valence electrons. The van der Waals surface area contributed by atoms with Crippen LogP contribution in [0.5, 0.6) is 0 Å². The van der Waals surface area contributed by atoms with Gasteiger partial charge < -0.3 is 15.1 Å². The third-order valence-electron chi connectivity index (χ3n) is 5.72. The lowest BCUT2D eigenvalue weighted by atomic mass is 10.1. The lowest BCUT2D eigenvalue weighted by Gasteiger charge is -2.27. The molecule has 4 aromatic rings. The molecule has 1 aliphatic rings. The van der Waals surface area contributed by atoms with Crippen molar-refractivity contribution >= 4 is 22.6 Å². The van der Waals surface area contributed by atoms with Gasteiger partial charge in [0.1, 0.15) is 17.2 Å². The van der Waals surface area contributed by atoms with Crippen molar-refractivity contribution in [3.05, 3.63) is 89.7 Å². The Morgan fingerprint density at radius 3 is 2.69 bits per heavy atom. The zero-order valence-corrected chi connectivity index (χ0v) is 17.6. The van der Waals surface area contributed by atoms with E-state index in [1.54, 1.807) is 6.07 Å². The Morgan fingerprint density at radius 2 is 1.84 bits per heavy atom. The van der Waals surface area contributed by atoms with Crippen molar-refractivity contribution < 1.29 is 13.6 Å². The van der Waals surface area contributed by atoms with Crippen molar-refractivity contribution in [2.75, 3.05) is 31.5 Å². The van der Waals surface area contributed by atoms with Gasteiger partial charge in [0, 0.05) is 49.2 Å². The Bertz CT molecular complexity index is 1260. The van der Waals surface area contributed by atoms with E-state index in [9.17, 15) is 9.18 Å². The zero-order valence-electron chi connectivity index (χ0n) is 17.6. The predicted molar refractivity (Wildman–Crippen MR) is 124 cm³/mol. The Balaban J connectivity index is 1.40. The smallest absolute Gasteiger partial charge is 0.255 e. The number of nitrogens with zero attached hydrogens (tertiary/aromatic N) is 1. The third-order valence-corrected chi connectivity index (χ3v) is 5.72. The standard InChI is InChI=1S/C26H24FN3O2/c27-21-5-3-4-19(15-21)26(31)29-23-7-2-1-6-22(23)25-16-20-14-18(8-9-24(20)32-25)17-30-12-10-28-11-13-30/h1-9,14-16,28H,10-13,17H2,(H,29,31). The number of halogens is 1. The minimum Gasteiger partial charge on any atom is -0.456 e. The first-order chi connectivity index (χ1) is 15.7. The Kier molecular flexibility index (Phi) is 5.71. The van der Waals surface area contributed by atoms with E-state index in [2.05, 4.69) is 27.7 Å². The average Bonchev–Trinajstić information content (AvgIpc) is 3.23. The molecule has 2 N–H and O–H groups in total. The van der Waals surface area contributed by atoms with Crippen LogP contribution in [0.15, 0.2) is 77.2 Å². The van der Waals surface area contributed by atoms with Gasteiger partial charge in [-0.15, -0.1) is 0 Å². The summed E-state index contributed by atoms with van der Waals surface area (Å²) in [4.78, 5) is 15.1. The molecule has 1 aliphatic heterocycles. The molecule has 0 saturated carbocycles. The normalized spacial score (nSPS) is 14.5. The van der Waals surface area contributed by atoms with Crippen LogP contribution in [0.25, 0.3) is 22.3 Å². The zero-order chi connectivity index (χ0) is 21.9. The monoisotopic (exact) mass is 429 g/mol. The van der Waals surface area contributed by atoms with Crippen molar-refractivity contribution in [3.8, 4) is 11.3 Å². The molecule has 0 aliphatic carbocycles. The van der Waals surface area contributed by atoms with Gasteiger partial charge >= 0.3 is 0 Å². The minimum atomic E-state index is -0.445. The maximum Gasteiger partial charge on any atom is 0.255 e. The molecule has 5 nitrogen and oxygen atoms in total. The van der Waals surface area contributed by atoms with Gasteiger partial charge in [0.25, 0.3) is 5.91 Å². The quantitative estimate of drug-likeness (QED) is 0.474. The van der Waals surface area contributed by atoms with Gasteiger partial charge in [-0.3, -0.25) is 9.69 Å². The van der Waals surface area contributed by atoms with Gasteiger partial charge in [-0.2, -0.15) is 0 Å². The fourth-order valence-corrected chi connectivity index (χ4v) is 4.08. The van der Waals surface area contributed by atoms with Gasteiger partial charge in [0.2, 0.25) is 0 Å². The first-order valence-electron chi connectivity index (χ1n) is 10.8. The second-order valence-corrected chi connectivity index (χ2v) is 8.02. The molecule has 1 saturated heterocycles. The maximum atomic E-state index is 13.5. The van der Waals surface area contributed by atoms with Gasteiger partial charge in [-0.25, -0.2) is 4.39 Å². The largest absolute Gasteiger partial charge is 0.456 e. The average molecular weight is 429 g/mol. The molecule has 1 amide bonds. The lowest BCUT2D eigenvalue weighted by molar-refractivity contribution is 0.102. The number of furan rings is 1. The number of piperazine rings is 1. The van der Waals surface area contributed by atoms with E-state index >= 15 is 0 Å². The number of carbonyl (C=O) groups is 1. The van der Waals surface area contributed by atoms with E-state index in [0.29, 0.717) is 11.4 Å². The molecule has 0 radical (unpaired) electrons. The number of amides is 1. The van der Waals surface area contributed by atoms with E-state index in [4.69, 9.17) is 4.42 Å². The van der Waals surface area contributed by atoms with Crippen LogP contribution in [-0.4, -0.2) is 37.0 Å². The summed E-state index contributed by atoms with van der Waals surface area (Å²) in [6, 6.07) is 21.4. The summed E-state index contributed by atoms with van der Waals surface area (Å²) in [6.45, 7) is 5.06. The van der Waals surface area contributed by atoms with Gasteiger partial charge in [-0.05, 0) is 54.1 Å². The number of fused-ring (bicyclic) bond motifs is 1. The molecule has 5 rings (SSSR count). The van der Waals surface area contributed by atoms with Crippen LogP contribution in [0.1, 0.15) is 15.9 Å². The number of benzene rings is 3. The molecular formula is C26H24FN3O2. The van der Waals surface area contributed by atoms with Crippen molar-refractivity contribution in [3.63, 3.8) is 0 Å². The summed E-state index contributed by atoms with van der Waals surface area (Å²) >= 11 is 0. The van der Waals surface area contributed by atoms with E-state index in [0.717, 1.165) is 49.3 Å². The SMILES string of the molecule is O=C(Nc1ccccc1-c1cc2cc(CN3CCNCC3)ccc2o1)c1cccc(F)c1. The van der Waals surface area contributed by atoms with Gasteiger partial charge in [0.05, 0.1) is 5.69 Å². The van der Waals surface area contributed by atoms with Crippen molar-refractivity contribution in [2.45, 2.75) is 6.54 Å². The first kappa shape index (κ1) is 20.4. The molecule has 32 heavy (non-hydrogen) atoms. The Hall–Kier alpha value is -3.48. The second kappa shape index (κ2) is 8.94. The topological polar surface area (TPSA) is 57.5 Å². The van der Waals surface area contributed by atoms with Crippen LogP contribution in [0.4, 0.5) is 10.1 Å². The van der Waals surface area contributed by atoms with E-state index in [1.807, 2.05) is 36.4 Å². The van der Waals surface area contributed by atoms with Crippen LogP contribution in [0, 0.1) is 5.82 Å². The number of hydrogen-bond acceptors (Lipinski definition) is 4. The molecule has 6 heteroatoms. The summed E-state index contributed by atoms with van der Waals surface area (Å²) < 4.78 is 19.6. The predicted octanol–water partition coefficient (Wildman–Crippen LogP) is 4.90. The van der Waals surface area contributed by atoms with Crippen LogP contribution < -0.4 is 10.6 Å². The number of anilines is 1. The maximum absolute atomic E-state index is 13.5. The number of para-hydroxylation sites is 1. The highest BCUT2D eigenvalue weighted by Crippen LogP contribution is 2.33. The van der Waals surface area contributed by atoms with Crippen LogP contribution >= 0.6 is 0 Å². The highest BCUT2D eigenvalue weighted by molar-refractivity contribution is 6.06. The highest BCUT2D eigenvalue weighted by atomic mass is 19.1. The summed E-state index contributed by atoms with van der Waals surface area (Å²) in [6.07, 6.45) is 0. The molecule has 2 heterocycles. The van der Waals surface area contributed by atoms with Crippen molar-refractivity contribution in [2.24, 2.45) is 0 Å². The van der Waals surface area contributed by atoms with E-state index in [1.165, 1.54) is 23.8 Å². The Morgan fingerprint density at radius 1 is 1.00 bits per heavy atom. The molecule has 0 atom stereocenters. The highest BCUT2D eigenvalue weighted by Gasteiger charge is 2.15.